The molecule has 31 heavy (non-hydrogen) atoms. The number of hydrogen-bond acceptors (Lipinski definition) is 4. The number of nitrogens with zero attached hydrogens (tertiary/aromatic N) is 1. The number of amides is 1. The molecule has 162 valence electrons. The van der Waals surface area contributed by atoms with Gasteiger partial charge in [-0.1, -0.05) is 29.8 Å². The first kappa shape index (κ1) is 22.9. The molecule has 0 saturated heterocycles. The van der Waals surface area contributed by atoms with Gasteiger partial charge in [-0.25, -0.2) is 8.42 Å². The van der Waals surface area contributed by atoms with E-state index in [9.17, 15) is 13.2 Å². The standard InChI is InChI=1S/C24H26N2O3S2/c1-17-6-9-20(10-7-17)26(31(28,29)22-13-11-21(30-4)12-14-22)16-24(27)25-23-15-18(2)5-8-19(23)3/h5-15H,16H2,1-4H3,(H,25,27). The van der Waals surface area contributed by atoms with Crippen molar-refractivity contribution in [2.24, 2.45) is 0 Å². The average molecular weight is 455 g/mol. The Morgan fingerprint density at radius 2 is 1.52 bits per heavy atom. The molecule has 7 heteroatoms. The molecule has 3 aromatic rings. The first-order chi connectivity index (χ1) is 14.7. The Kier molecular flexibility index (Phi) is 7.08. The molecule has 0 fully saturated rings. The lowest BCUT2D eigenvalue weighted by Gasteiger charge is -2.24. The molecule has 0 atom stereocenters. The fourth-order valence-corrected chi connectivity index (χ4v) is 4.92. The topological polar surface area (TPSA) is 66.5 Å². The minimum atomic E-state index is -3.93. The molecule has 1 amide bonds. The Morgan fingerprint density at radius 1 is 0.903 bits per heavy atom. The van der Waals surface area contributed by atoms with Gasteiger partial charge in [0.05, 0.1) is 10.6 Å². The van der Waals surface area contributed by atoms with Crippen molar-refractivity contribution in [3.8, 4) is 0 Å². The van der Waals surface area contributed by atoms with Crippen LogP contribution in [0.15, 0.2) is 76.5 Å². The second kappa shape index (κ2) is 9.58. The van der Waals surface area contributed by atoms with Crippen molar-refractivity contribution < 1.29 is 13.2 Å². The third-order valence-corrected chi connectivity index (χ3v) is 7.46. The maximum atomic E-state index is 13.5. The van der Waals surface area contributed by atoms with E-state index in [-0.39, 0.29) is 11.4 Å². The fraction of sp³-hybridized carbons (Fsp3) is 0.208. The molecule has 0 saturated carbocycles. The molecule has 0 heterocycles. The molecule has 0 radical (unpaired) electrons. The van der Waals surface area contributed by atoms with E-state index in [0.717, 1.165) is 25.9 Å². The quantitative estimate of drug-likeness (QED) is 0.500. The van der Waals surface area contributed by atoms with Crippen molar-refractivity contribution in [3.63, 3.8) is 0 Å². The van der Waals surface area contributed by atoms with E-state index in [0.29, 0.717) is 11.4 Å². The highest BCUT2D eigenvalue weighted by Crippen LogP contribution is 2.26. The lowest BCUT2D eigenvalue weighted by atomic mass is 10.1. The minimum Gasteiger partial charge on any atom is -0.324 e. The predicted octanol–water partition coefficient (Wildman–Crippen LogP) is 5.17. The Labute approximate surface area is 188 Å². The lowest BCUT2D eigenvalue weighted by Crippen LogP contribution is -2.38. The van der Waals surface area contributed by atoms with Crippen LogP contribution in [0.1, 0.15) is 16.7 Å². The summed E-state index contributed by atoms with van der Waals surface area (Å²) < 4.78 is 28.1. The third-order valence-electron chi connectivity index (χ3n) is 4.92. The normalized spacial score (nSPS) is 11.2. The van der Waals surface area contributed by atoms with E-state index < -0.39 is 15.9 Å². The van der Waals surface area contributed by atoms with Gasteiger partial charge < -0.3 is 5.32 Å². The molecule has 0 aliphatic carbocycles. The molecule has 0 spiro atoms. The maximum absolute atomic E-state index is 13.5. The minimum absolute atomic E-state index is 0.144. The van der Waals surface area contributed by atoms with E-state index >= 15 is 0 Å². The van der Waals surface area contributed by atoms with Crippen LogP contribution in [0.5, 0.6) is 0 Å². The monoisotopic (exact) mass is 454 g/mol. The van der Waals surface area contributed by atoms with E-state index in [1.165, 1.54) is 11.8 Å². The Hall–Kier alpha value is -2.77. The number of rotatable bonds is 7. The summed E-state index contributed by atoms with van der Waals surface area (Å²) in [5, 5.41) is 2.86. The summed E-state index contributed by atoms with van der Waals surface area (Å²) in [5.74, 6) is -0.404. The molecule has 0 bridgehead atoms. The number of benzene rings is 3. The summed E-state index contributed by atoms with van der Waals surface area (Å²) in [6.45, 7) is 5.44. The Balaban J connectivity index is 1.95. The van der Waals surface area contributed by atoms with Crippen molar-refractivity contribution >= 4 is 39.1 Å². The van der Waals surface area contributed by atoms with Gasteiger partial charge in [0.1, 0.15) is 6.54 Å². The molecule has 0 aliphatic rings. The summed E-state index contributed by atoms with van der Waals surface area (Å²) in [6, 6.07) is 19.5. The zero-order valence-corrected chi connectivity index (χ0v) is 19.7. The van der Waals surface area contributed by atoms with Crippen LogP contribution in [0.4, 0.5) is 11.4 Å². The molecule has 1 N–H and O–H groups in total. The van der Waals surface area contributed by atoms with E-state index in [2.05, 4.69) is 5.32 Å². The summed E-state index contributed by atoms with van der Waals surface area (Å²) in [4.78, 5) is 14.0. The second-order valence-corrected chi connectivity index (χ2v) is 10.1. The molecule has 3 rings (SSSR count). The van der Waals surface area contributed by atoms with Crippen LogP contribution in [0, 0.1) is 20.8 Å². The number of anilines is 2. The van der Waals surface area contributed by atoms with Crippen molar-refractivity contribution in [1.82, 2.24) is 0 Å². The summed E-state index contributed by atoms with van der Waals surface area (Å²) in [7, 11) is -3.93. The lowest BCUT2D eigenvalue weighted by molar-refractivity contribution is -0.114. The van der Waals surface area contributed by atoms with Crippen LogP contribution < -0.4 is 9.62 Å². The molecular formula is C24H26N2O3S2. The first-order valence-corrected chi connectivity index (χ1v) is 12.5. The number of sulfonamides is 1. The maximum Gasteiger partial charge on any atom is 0.264 e. The van der Waals surface area contributed by atoms with Crippen LogP contribution in [0.25, 0.3) is 0 Å². The van der Waals surface area contributed by atoms with Crippen LogP contribution >= 0.6 is 11.8 Å². The smallest absolute Gasteiger partial charge is 0.264 e. The zero-order valence-electron chi connectivity index (χ0n) is 18.0. The molecule has 0 aliphatic heterocycles. The van der Waals surface area contributed by atoms with Gasteiger partial charge in [-0.05, 0) is 80.6 Å². The average Bonchev–Trinajstić information content (AvgIpc) is 2.75. The number of hydrogen-bond donors (Lipinski definition) is 1. The van der Waals surface area contributed by atoms with Crippen LogP contribution in [0.2, 0.25) is 0 Å². The van der Waals surface area contributed by atoms with Crippen molar-refractivity contribution in [3.05, 3.63) is 83.4 Å². The van der Waals surface area contributed by atoms with Gasteiger partial charge in [0.25, 0.3) is 10.0 Å². The highest BCUT2D eigenvalue weighted by Gasteiger charge is 2.27. The van der Waals surface area contributed by atoms with Gasteiger partial charge in [-0.2, -0.15) is 0 Å². The fourth-order valence-electron chi connectivity index (χ4n) is 3.09. The number of carbonyl (C=O) groups excluding carboxylic acids is 1. The molecular weight excluding hydrogens is 428 g/mol. The molecule has 0 aromatic heterocycles. The second-order valence-electron chi connectivity index (χ2n) is 7.39. The molecule has 3 aromatic carbocycles. The van der Waals surface area contributed by atoms with Crippen molar-refractivity contribution in [2.45, 2.75) is 30.6 Å². The van der Waals surface area contributed by atoms with Gasteiger partial charge in [0, 0.05) is 10.6 Å². The van der Waals surface area contributed by atoms with Gasteiger partial charge in [0.15, 0.2) is 0 Å². The number of thioether (sulfide) groups is 1. The van der Waals surface area contributed by atoms with Crippen LogP contribution in [-0.2, 0) is 14.8 Å². The highest BCUT2D eigenvalue weighted by molar-refractivity contribution is 7.98. The van der Waals surface area contributed by atoms with Gasteiger partial charge >= 0.3 is 0 Å². The summed E-state index contributed by atoms with van der Waals surface area (Å²) in [6.07, 6.45) is 1.93. The predicted molar refractivity (Wildman–Crippen MR) is 128 cm³/mol. The SMILES string of the molecule is CSc1ccc(S(=O)(=O)N(CC(=O)Nc2cc(C)ccc2C)c2ccc(C)cc2)cc1. The zero-order chi connectivity index (χ0) is 22.6. The van der Waals surface area contributed by atoms with Gasteiger partial charge in [0.2, 0.25) is 5.91 Å². The summed E-state index contributed by atoms with van der Waals surface area (Å²) in [5.41, 5.74) is 4.05. The van der Waals surface area contributed by atoms with E-state index in [4.69, 9.17) is 0 Å². The summed E-state index contributed by atoms with van der Waals surface area (Å²) >= 11 is 1.54. The van der Waals surface area contributed by atoms with Crippen LogP contribution in [-0.4, -0.2) is 27.1 Å². The van der Waals surface area contributed by atoms with E-state index in [1.54, 1.807) is 36.4 Å². The van der Waals surface area contributed by atoms with Gasteiger partial charge in [-0.15, -0.1) is 11.8 Å². The number of carbonyl (C=O) groups is 1. The number of nitrogens with one attached hydrogen (secondary N) is 1. The first-order valence-electron chi connectivity index (χ1n) is 9.81. The third kappa shape index (κ3) is 5.48. The molecule has 5 nitrogen and oxygen atoms in total. The van der Waals surface area contributed by atoms with Crippen LogP contribution in [0.3, 0.4) is 0 Å². The number of aryl methyl sites for hydroxylation is 3. The van der Waals surface area contributed by atoms with Gasteiger partial charge in [-0.3, -0.25) is 9.10 Å². The Bertz CT molecular complexity index is 1170. The molecule has 0 unspecified atom stereocenters. The highest BCUT2D eigenvalue weighted by atomic mass is 32.2. The Morgan fingerprint density at radius 3 is 2.13 bits per heavy atom. The van der Waals surface area contributed by atoms with Crippen molar-refractivity contribution in [1.29, 1.82) is 0 Å². The van der Waals surface area contributed by atoms with Crippen molar-refractivity contribution in [2.75, 3.05) is 22.4 Å². The van der Waals surface area contributed by atoms with E-state index in [1.807, 2.05) is 57.4 Å². The largest absolute Gasteiger partial charge is 0.324 e.